The molecule has 0 spiro atoms. The van der Waals surface area contributed by atoms with E-state index >= 15 is 0 Å². The van der Waals surface area contributed by atoms with Gasteiger partial charge in [0.25, 0.3) is 9.76 Å². The Morgan fingerprint density at radius 2 is 0.278 bits per heavy atom. The molecule has 0 aromatic carbocycles. The van der Waals surface area contributed by atoms with Gasteiger partial charge in [0.1, 0.15) is 0 Å². The van der Waals surface area contributed by atoms with E-state index in [1.54, 1.807) is 0 Å². The Labute approximate surface area is 161 Å². The molecule has 0 atom stereocenters. The van der Waals surface area contributed by atoms with Crippen molar-refractivity contribution < 1.29 is 14.1 Å². The van der Waals surface area contributed by atoms with Crippen LogP contribution in [0.5, 0.6) is 0 Å². The number of hydrogen-bond donors (Lipinski definition) is 0. The van der Waals surface area contributed by atoms with E-state index in [9.17, 15) is 0 Å². The predicted molar refractivity (Wildman–Crippen MR) is 85.9 cm³/mol. The molecule has 0 aromatic rings. The van der Waals surface area contributed by atoms with Gasteiger partial charge in [-0.15, -0.1) is 0 Å². The zero-order valence-electron chi connectivity index (χ0n) is 7.26. The fraction of sp³-hybridized carbons (Fsp3) is 1.00. The van der Waals surface area contributed by atoms with Crippen LogP contribution >= 0.6 is 139 Å². The van der Waals surface area contributed by atoms with E-state index in [2.05, 4.69) is 0 Å². The SMILES string of the molecule is ClC(Cl)(Cl)Cl.ClC(Cl)(Cl)Cl.ClC(Cl)(Cl)Cl.F.F.F. The van der Waals surface area contributed by atoms with Gasteiger partial charge in [-0.25, -0.2) is 0 Å². The highest BCUT2D eigenvalue weighted by atomic mass is 35.6. The van der Waals surface area contributed by atoms with Gasteiger partial charge in [0, 0.05) is 0 Å². The lowest BCUT2D eigenvalue weighted by atomic mass is 11.8. The van der Waals surface area contributed by atoms with Crippen LogP contribution in [0.25, 0.3) is 0 Å². The van der Waals surface area contributed by atoms with Gasteiger partial charge < -0.3 is 0 Å². The van der Waals surface area contributed by atoms with Gasteiger partial charge in [-0.3, -0.25) is 14.1 Å². The molecule has 0 heterocycles. The van der Waals surface area contributed by atoms with Crippen LogP contribution in [0.3, 0.4) is 0 Å². The molecule has 0 aliphatic carbocycles. The van der Waals surface area contributed by atoms with Crippen molar-refractivity contribution in [2.45, 2.75) is 9.76 Å². The van der Waals surface area contributed by atoms with Crippen molar-refractivity contribution >= 4 is 139 Å². The molecule has 0 nitrogen and oxygen atoms in total. The molecule has 0 aliphatic heterocycles. The lowest BCUT2D eigenvalue weighted by Gasteiger charge is -1.91. The average Bonchev–Trinajstić information content (AvgIpc) is 1.41. The summed E-state index contributed by atoms with van der Waals surface area (Å²) in [6.45, 7) is 0. The topological polar surface area (TPSA) is 0 Å². The first kappa shape index (κ1) is 37.5. The molecular formula is C3H3Cl12F3. The highest BCUT2D eigenvalue weighted by Crippen LogP contribution is 2.30. The molecule has 0 radical (unpaired) electrons. The zero-order chi connectivity index (χ0) is 13.5. The van der Waals surface area contributed by atoms with E-state index in [4.69, 9.17) is 139 Å². The lowest BCUT2D eigenvalue weighted by molar-refractivity contribution is 1.11. The van der Waals surface area contributed by atoms with Crippen molar-refractivity contribution in [3.8, 4) is 0 Å². The highest BCUT2D eigenvalue weighted by molar-refractivity contribution is 6.84. The molecule has 0 amide bonds. The summed E-state index contributed by atoms with van der Waals surface area (Å²) in [6.07, 6.45) is 0. The van der Waals surface area contributed by atoms with Gasteiger partial charge in [-0.1, -0.05) is 139 Å². The summed E-state index contributed by atoms with van der Waals surface area (Å²) in [5.41, 5.74) is 0. The molecule has 0 unspecified atom stereocenters. The van der Waals surface area contributed by atoms with Crippen LogP contribution in [0.15, 0.2) is 0 Å². The molecule has 0 saturated carbocycles. The molecule has 18 heavy (non-hydrogen) atoms. The van der Waals surface area contributed by atoms with Crippen LogP contribution < -0.4 is 0 Å². The van der Waals surface area contributed by atoms with Gasteiger partial charge in [-0.05, 0) is 0 Å². The van der Waals surface area contributed by atoms with Crippen molar-refractivity contribution in [2.75, 3.05) is 0 Å². The summed E-state index contributed by atoms with van der Waals surface area (Å²) in [5.74, 6) is 0. The van der Waals surface area contributed by atoms with Crippen molar-refractivity contribution in [2.24, 2.45) is 0 Å². The van der Waals surface area contributed by atoms with E-state index in [1.807, 2.05) is 0 Å². The molecule has 0 rings (SSSR count). The summed E-state index contributed by atoms with van der Waals surface area (Å²) in [4.78, 5) is 0. The van der Waals surface area contributed by atoms with E-state index in [0.717, 1.165) is 0 Å². The first-order valence-electron chi connectivity index (χ1n) is 2.27. The molecular weight excluding hydrogens is 518 g/mol. The normalized spacial score (nSPS) is 10.0. The molecule has 0 aliphatic rings. The lowest BCUT2D eigenvalue weighted by Crippen LogP contribution is -1.81. The second-order valence-corrected chi connectivity index (χ2v) is 11.6. The first-order valence-corrected chi connectivity index (χ1v) is 6.80. The zero-order valence-corrected chi connectivity index (χ0v) is 16.3. The molecule has 0 fully saturated rings. The van der Waals surface area contributed by atoms with Crippen LogP contribution in [0, 0.1) is 0 Å². The molecule has 0 saturated heterocycles. The average molecular weight is 521 g/mol. The van der Waals surface area contributed by atoms with Crippen LogP contribution in [0.2, 0.25) is 0 Å². The maximum Gasteiger partial charge on any atom is 0.266 e. The Morgan fingerprint density at radius 1 is 0.278 bits per heavy atom. The molecule has 0 N–H and O–H groups in total. The van der Waals surface area contributed by atoms with Crippen LogP contribution in [-0.2, 0) is 0 Å². The van der Waals surface area contributed by atoms with Gasteiger partial charge in [0.2, 0.25) is 0 Å². The van der Waals surface area contributed by atoms with E-state index in [0.29, 0.717) is 0 Å². The van der Waals surface area contributed by atoms with Crippen molar-refractivity contribution in [3.05, 3.63) is 0 Å². The van der Waals surface area contributed by atoms with Gasteiger partial charge in [0.05, 0.1) is 0 Å². The maximum absolute atomic E-state index is 4.83. The summed E-state index contributed by atoms with van der Waals surface area (Å²) in [6, 6.07) is 0. The monoisotopic (exact) mass is 516 g/mol. The minimum Gasteiger partial charge on any atom is -0.269 e. The maximum atomic E-state index is 4.83. The number of hydrogen-bond acceptors (Lipinski definition) is 0. The summed E-state index contributed by atoms with van der Waals surface area (Å²) >= 11 is 57.9. The third-order valence-corrected chi connectivity index (χ3v) is 0. The Bertz CT molecular complexity index is 97.6. The number of rotatable bonds is 0. The number of halogens is 15. The summed E-state index contributed by atoms with van der Waals surface area (Å²) in [5, 5.41) is 0. The minimum absolute atomic E-state index is 0. The molecule has 0 aromatic heterocycles. The molecule has 120 valence electrons. The summed E-state index contributed by atoms with van der Waals surface area (Å²) in [7, 11) is 0. The van der Waals surface area contributed by atoms with E-state index < -0.39 is 9.76 Å². The third-order valence-electron chi connectivity index (χ3n) is 0. The van der Waals surface area contributed by atoms with Crippen molar-refractivity contribution in [1.82, 2.24) is 0 Å². The Hall–Kier alpha value is 3.27. The van der Waals surface area contributed by atoms with E-state index in [-0.39, 0.29) is 14.1 Å². The minimum atomic E-state index is -1.61. The standard InChI is InChI=1S/3CCl4.3FH/c3*2-1(3,4)5;;;/h;;;3*1H. The van der Waals surface area contributed by atoms with Crippen molar-refractivity contribution in [1.29, 1.82) is 0 Å². The fourth-order valence-corrected chi connectivity index (χ4v) is 0. The number of alkyl halides is 12. The van der Waals surface area contributed by atoms with Crippen molar-refractivity contribution in [3.63, 3.8) is 0 Å². The van der Waals surface area contributed by atoms with Gasteiger partial charge >= 0.3 is 0 Å². The quantitative estimate of drug-likeness (QED) is 0.283. The molecule has 0 bridgehead atoms. The third kappa shape index (κ3) is 602. The Morgan fingerprint density at radius 3 is 0.278 bits per heavy atom. The van der Waals surface area contributed by atoms with Crippen LogP contribution in [0.4, 0.5) is 14.1 Å². The fourth-order valence-electron chi connectivity index (χ4n) is 0. The summed E-state index contributed by atoms with van der Waals surface area (Å²) < 4.78 is -4.83. The molecule has 15 heteroatoms. The predicted octanol–water partition coefficient (Wildman–Crippen LogP) is 8.12. The van der Waals surface area contributed by atoms with Crippen LogP contribution in [0.1, 0.15) is 0 Å². The second kappa shape index (κ2) is 16.6. The second-order valence-electron chi connectivity index (χ2n) is 1.29. The Kier molecular flexibility index (Phi) is 34.6. The van der Waals surface area contributed by atoms with Gasteiger partial charge in [-0.2, -0.15) is 0 Å². The highest BCUT2D eigenvalue weighted by Gasteiger charge is 2.12. The van der Waals surface area contributed by atoms with E-state index in [1.165, 1.54) is 0 Å². The first-order chi connectivity index (χ1) is 6.00. The van der Waals surface area contributed by atoms with Gasteiger partial charge in [0.15, 0.2) is 0 Å². The largest absolute Gasteiger partial charge is 0.269 e. The van der Waals surface area contributed by atoms with Crippen LogP contribution in [-0.4, -0.2) is 9.76 Å². The Balaban J connectivity index is -0.0000000277. The smallest absolute Gasteiger partial charge is 0.266 e.